The summed E-state index contributed by atoms with van der Waals surface area (Å²) >= 11 is 0. The highest BCUT2D eigenvalue weighted by molar-refractivity contribution is 5.79. The van der Waals surface area contributed by atoms with Crippen LogP contribution in [0, 0.1) is 11.3 Å². The zero-order chi connectivity index (χ0) is 12.8. The molecule has 0 aliphatic carbocycles. The minimum Gasteiger partial charge on any atom is -0.353 e. The molecule has 0 aliphatic rings. The van der Waals surface area contributed by atoms with E-state index in [2.05, 4.69) is 39.9 Å². The predicted molar refractivity (Wildman–Crippen MR) is 69.1 cm³/mol. The molecular weight excluding hydrogens is 200 g/mol. The van der Waals surface area contributed by atoms with E-state index < -0.39 is 0 Å². The van der Waals surface area contributed by atoms with Gasteiger partial charge in [-0.25, -0.2) is 0 Å². The molecule has 0 heterocycles. The smallest absolute Gasteiger partial charge is 0.224 e. The molecule has 0 rings (SSSR count). The lowest BCUT2D eigenvalue weighted by Gasteiger charge is -2.26. The standard InChI is InChI=1S/C13H28N2O/c1-6-11(7-2)15-12(16)10(9-14)8-13(3,4)5/h10-11H,6-9,14H2,1-5H3,(H,15,16). The van der Waals surface area contributed by atoms with Crippen molar-refractivity contribution in [1.82, 2.24) is 5.32 Å². The summed E-state index contributed by atoms with van der Waals surface area (Å²) in [5.74, 6) is 0.0618. The number of carbonyl (C=O) groups is 1. The molecule has 0 aromatic rings. The fourth-order valence-corrected chi connectivity index (χ4v) is 1.83. The van der Waals surface area contributed by atoms with Crippen molar-refractivity contribution < 1.29 is 4.79 Å². The summed E-state index contributed by atoms with van der Waals surface area (Å²) in [6.45, 7) is 11.0. The van der Waals surface area contributed by atoms with Crippen LogP contribution in [0.5, 0.6) is 0 Å². The van der Waals surface area contributed by atoms with Gasteiger partial charge in [0, 0.05) is 12.6 Å². The Morgan fingerprint density at radius 3 is 2.06 bits per heavy atom. The van der Waals surface area contributed by atoms with E-state index in [4.69, 9.17) is 5.73 Å². The lowest BCUT2D eigenvalue weighted by Crippen LogP contribution is -2.42. The quantitative estimate of drug-likeness (QED) is 0.733. The summed E-state index contributed by atoms with van der Waals surface area (Å²) in [4.78, 5) is 12.0. The zero-order valence-electron chi connectivity index (χ0n) is 11.5. The molecule has 3 nitrogen and oxygen atoms in total. The number of nitrogens with two attached hydrogens (primary N) is 1. The lowest BCUT2D eigenvalue weighted by atomic mass is 9.84. The second kappa shape index (κ2) is 6.89. The highest BCUT2D eigenvalue weighted by atomic mass is 16.1. The van der Waals surface area contributed by atoms with Crippen LogP contribution in [0.3, 0.4) is 0 Å². The van der Waals surface area contributed by atoms with Crippen molar-refractivity contribution in [2.24, 2.45) is 17.1 Å². The molecule has 0 bridgehead atoms. The lowest BCUT2D eigenvalue weighted by molar-refractivity contribution is -0.126. The predicted octanol–water partition coefficient (Wildman–Crippen LogP) is 2.30. The number of hydrogen-bond donors (Lipinski definition) is 2. The van der Waals surface area contributed by atoms with Crippen LogP contribution in [-0.2, 0) is 4.79 Å². The average molecular weight is 228 g/mol. The van der Waals surface area contributed by atoms with Crippen LogP contribution in [0.25, 0.3) is 0 Å². The molecule has 16 heavy (non-hydrogen) atoms. The van der Waals surface area contributed by atoms with Gasteiger partial charge in [0.1, 0.15) is 0 Å². The Balaban J connectivity index is 4.31. The van der Waals surface area contributed by atoms with Gasteiger partial charge in [0.05, 0.1) is 5.92 Å². The van der Waals surface area contributed by atoms with Crippen LogP contribution in [0.15, 0.2) is 0 Å². The summed E-state index contributed by atoms with van der Waals surface area (Å²) < 4.78 is 0. The molecule has 3 heteroatoms. The normalized spacial score (nSPS) is 13.9. The van der Waals surface area contributed by atoms with E-state index in [1.54, 1.807) is 0 Å². The molecule has 1 unspecified atom stereocenters. The SMILES string of the molecule is CCC(CC)NC(=O)C(CN)CC(C)(C)C. The molecule has 0 spiro atoms. The Labute approximate surface area is 100 Å². The van der Waals surface area contributed by atoms with Gasteiger partial charge in [0.2, 0.25) is 5.91 Å². The number of rotatable bonds is 6. The van der Waals surface area contributed by atoms with Crippen molar-refractivity contribution in [2.75, 3.05) is 6.54 Å². The Morgan fingerprint density at radius 1 is 1.25 bits per heavy atom. The highest BCUT2D eigenvalue weighted by Crippen LogP contribution is 2.24. The summed E-state index contributed by atoms with van der Waals surface area (Å²) in [6.07, 6.45) is 2.81. The molecule has 0 aromatic carbocycles. The first-order valence-electron chi connectivity index (χ1n) is 6.34. The minimum atomic E-state index is -0.0550. The third-order valence-electron chi connectivity index (χ3n) is 2.85. The van der Waals surface area contributed by atoms with Gasteiger partial charge in [0.25, 0.3) is 0 Å². The van der Waals surface area contributed by atoms with Crippen molar-refractivity contribution in [3.05, 3.63) is 0 Å². The molecule has 0 saturated heterocycles. The first-order valence-corrected chi connectivity index (χ1v) is 6.34. The molecular formula is C13H28N2O. The second-order valence-corrected chi connectivity index (χ2v) is 5.72. The maximum Gasteiger partial charge on any atom is 0.224 e. The average Bonchev–Trinajstić information content (AvgIpc) is 2.20. The minimum absolute atomic E-state index is 0.0550. The van der Waals surface area contributed by atoms with E-state index in [1.807, 2.05) is 0 Å². The molecule has 0 aliphatic heterocycles. The maximum atomic E-state index is 12.0. The molecule has 3 N–H and O–H groups in total. The molecule has 1 amide bonds. The van der Waals surface area contributed by atoms with Crippen molar-refractivity contribution in [3.8, 4) is 0 Å². The first-order chi connectivity index (χ1) is 7.34. The number of amides is 1. The Morgan fingerprint density at radius 2 is 1.75 bits per heavy atom. The van der Waals surface area contributed by atoms with Crippen LogP contribution in [0.4, 0.5) is 0 Å². The van der Waals surface area contributed by atoms with Gasteiger partial charge in [-0.15, -0.1) is 0 Å². The monoisotopic (exact) mass is 228 g/mol. The molecule has 0 radical (unpaired) electrons. The number of carbonyl (C=O) groups excluding carboxylic acids is 1. The zero-order valence-corrected chi connectivity index (χ0v) is 11.5. The van der Waals surface area contributed by atoms with Crippen LogP contribution in [0.1, 0.15) is 53.9 Å². The number of hydrogen-bond acceptors (Lipinski definition) is 2. The summed E-state index contributed by atoms with van der Waals surface area (Å²) in [5.41, 5.74) is 5.83. The van der Waals surface area contributed by atoms with Crippen LogP contribution in [0.2, 0.25) is 0 Å². The topological polar surface area (TPSA) is 55.1 Å². The fourth-order valence-electron chi connectivity index (χ4n) is 1.83. The van der Waals surface area contributed by atoms with Crippen LogP contribution < -0.4 is 11.1 Å². The third-order valence-corrected chi connectivity index (χ3v) is 2.85. The second-order valence-electron chi connectivity index (χ2n) is 5.72. The Hall–Kier alpha value is -0.570. The third kappa shape index (κ3) is 6.11. The van der Waals surface area contributed by atoms with Gasteiger partial charge in [0.15, 0.2) is 0 Å². The summed E-state index contributed by atoms with van der Waals surface area (Å²) in [5, 5.41) is 3.07. The maximum absolute atomic E-state index is 12.0. The molecule has 0 saturated carbocycles. The van der Waals surface area contributed by atoms with E-state index in [0.717, 1.165) is 19.3 Å². The van der Waals surface area contributed by atoms with Gasteiger partial charge >= 0.3 is 0 Å². The van der Waals surface area contributed by atoms with Gasteiger partial charge in [-0.2, -0.15) is 0 Å². The van der Waals surface area contributed by atoms with E-state index in [9.17, 15) is 4.79 Å². The van der Waals surface area contributed by atoms with Crippen LogP contribution in [-0.4, -0.2) is 18.5 Å². The van der Waals surface area contributed by atoms with E-state index in [-0.39, 0.29) is 17.2 Å². The summed E-state index contributed by atoms with van der Waals surface area (Å²) in [6, 6.07) is 0.293. The van der Waals surface area contributed by atoms with Crippen LogP contribution >= 0.6 is 0 Å². The van der Waals surface area contributed by atoms with Gasteiger partial charge < -0.3 is 11.1 Å². The van der Waals surface area contributed by atoms with Gasteiger partial charge in [-0.1, -0.05) is 34.6 Å². The fraction of sp³-hybridized carbons (Fsp3) is 0.923. The molecule has 96 valence electrons. The largest absolute Gasteiger partial charge is 0.353 e. The molecule has 0 fully saturated rings. The molecule has 0 aromatic heterocycles. The highest BCUT2D eigenvalue weighted by Gasteiger charge is 2.24. The van der Waals surface area contributed by atoms with Crippen molar-refractivity contribution in [3.63, 3.8) is 0 Å². The number of nitrogens with one attached hydrogen (secondary N) is 1. The van der Waals surface area contributed by atoms with Crippen molar-refractivity contribution >= 4 is 5.91 Å². The van der Waals surface area contributed by atoms with Gasteiger partial charge in [-0.05, 0) is 24.7 Å². The van der Waals surface area contributed by atoms with Gasteiger partial charge in [-0.3, -0.25) is 4.79 Å². The molecule has 1 atom stereocenters. The van der Waals surface area contributed by atoms with E-state index in [0.29, 0.717) is 12.6 Å². The Bertz CT molecular complexity index is 204. The van der Waals surface area contributed by atoms with Crippen molar-refractivity contribution in [2.45, 2.75) is 59.9 Å². The summed E-state index contributed by atoms with van der Waals surface area (Å²) in [7, 11) is 0. The Kier molecular flexibility index (Phi) is 6.65. The van der Waals surface area contributed by atoms with E-state index in [1.165, 1.54) is 0 Å². The first kappa shape index (κ1) is 15.4. The van der Waals surface area contributed by atoms with E-state index >= 15 is 0 Å². The van der Waals surface area contributed by atoms with Crippen molar-refractivity contribution in [1.29, 1.82) is 0 Å².